The van der Waals surface area contributed by atoms with Gasteiger partial charge in [0.05, 0.1) is 33.9 Å². The van der Waals surface area contributed by atoms with Crippen molar-refractivity contribution < 1.29 is 57.8 Å². The van der Waals surface area contributed by atoms with Crippen molar-refractivity contribution in [3.05, 3.63) is 141 Å². The summed E-state index contributed by atoms with van der Waals surface area (Å²) in [4.78, 5) is 139. The Kier molecular flexibility index (Phi) is 19.8. The number of carbonyl (C=O) groups excluding carboxylic acids is 8. The number of benzene rings is 4. The summed E-state index contributed by atoms with van der Waals surface area (Å²) in [7, 11) is -5.05. The summed E-state index contributed by atoms with van der Waals surface area (Å²) in [5.74, 6) is -3.14. The molecule has 460 valence electrons. The smallest absolute Gasteiger partial charge is 0.391 e. The molecule has 3 aliphatic rings. The van der Waals surface area contributed by atoms with E-state index in [4.69, 9.17) is 5.73 Å². The zero-order valence-corrected chi connectivity index (χ0v) is 51.2. The number of likely N-dealkylation sites (tertiary alicyclic amines) is 1. The third-order valence-corrected chi connectivity index (χ3v) is 18.4. The number of fused-ring (bicyclic) bond motifs is 1. The van der Waals surface area contributed by atoms with Crippen LogP contribution in [0.3, 0.4) is 0 Å². The number of primary amides is 1. The minimum Gasteiger partial charge on any atom is -0.391 e. The first-order valence-electron chi connectivity index (χ1n) is 29.6. The Morgan fingerprint density at radius 3 is 2.25 bits per heavy atom. The van der Waals surface area contributed by atoms with Crippen LogP contribution in [-0.2, 0) is 59.0 Å². The van der Waals surface area contributed by atoms with Gasteiger partial charge in [-0.25, -0.2) is 4.98 Å². The maximum atomic E-state index is 14.6. The van der Waals surface area contributed by atoms with E-state index >= 15 is 0 Å². The summed E-state index contributed by atoms with van der Waals surface area (Å²) < 4.78 is 11.6. The molecule has 21 nitrogen and oxygen atoms in total. The monoisotopic (exact) mass is 1230 g/mol. The van der Waals surface area contributed by atoms with Gasteiger partial charge in [0.25, 0.3) is 11.4 Å². The number of aryl methyl sites for hydroxylation is 4. The van der Waals surface area contributed by atoms with Gasteiger partial charge in [-0.3, -0.25) is 47.8 Å². The number of hydrogen-bond acceptors (Lipinski definition) is 12. The number of aromatic amines is 1. The Morgan fingerprint density at radius 1 is 0.839 bits per heavy atom. The van der Waals surface area contributed by atoms with E-state index < -0.39 is 84.4 Å². The fourth-order valence-electron chi connectivity index (χ4n) is 12.0. The summed E-state index contributed by atoms with van der Waals surface area (Å²) >= 11 is 1.56. The molecular formula is C64H76N9O12PS. The molecule has 3 aliphatic heterocycles. The van der Waals surface area contributed by atoms with Gasteiger partial charge in [0.1, 0.15) is 29.9 Å². The van der Waals surface area contributed by atoms with E-state index in [0.717, 1.165) is 63.2 Å². The number of H-pyrrole nitrogens is 1. The molecule has 1 saturated heterocycles. The van der Waals surface area contributed by atoms with Gasteiger partial charge in [-0.1, -0.05) is 93.9 Å². The fourth-order valence-corrected chi connectivity index (χ4v) is 13.3. The van der Waals surface area contributed by atoms with Crippen LogP contribution in [0.2, 0.25) is 0 Å². The number of hydrogen-bond donors (Lipinski definition) is 9. The first kappa shape index (κ1) is 63.6. The molecule has 9 rings (SSSR count). The van der Waals surface area contributed by atoms with Crippen LogP contribution in [0.15, 0.2) is 96.5 Å². The number of aliphatic hydroxyl groups is 1. The molecule has 0 spiro atoms. The van der Waals surface area contributed by atoms with Crippen molar-refractivity contribution >= 4 is 82.4 Å². The number of amides is 7. The molecule has 6 aromatic rings. The van der Waals surface area contributed by atoms with Gasteiger partial charge in [-0.15, -0.1) is 11.3 Å². The number of β-amino-alcohol motifs (C(OH)–C–C–N with tert-alkyl or cyclic N) is 1. The van der Waals surface area contributed by atoms with Crippen LogP contribution in [0.4, 0.5) is 5.69 Å². The second-order valence-electron chi connectivity index (χ2n) is 24.3. The predicted octanol–water partition coefficient (Wildman–Crippen LogP) is 6.78. The molecule has 7 atom stereocenters. The molecule has 0 unspecified atom stereocenters. The standard InChI is InChI=1S/C64H76N9O12PS/c1-36(40-18-20-42(21-19-40)56-37(2)66-35-87-56)67-59(78)51-33-47(74)34-72(51)62(81)57(64(3,4)5)71-54(76)16-8-6-7-11-38-12-9-13-39(29-38)17-24-46(25-28-53(65)75)68-60(79)52-32-43-15-10-14-41-22-27-49(61(80)73(52)55(41)43)70-58(77)50-31-45-30-44(23-26-48(45)69-50)63(82)86(83,84)85/h9-10,12-15,18-21,23,26,29-31,35-36,46-47,49,51-52,57,69,74H,6-8,11,16-17,22,24-25,27-28,32-34H2,1-5H3,(H2,65,75)(H,67,78)(H,68,79)(H,70,77)(H,71,76)(H2,83,84,85)/t36-,46+,47+,49-,51-,52-,57+/m0/s1. The molecule has 2 aromatic heterocycles. The van der Waals surface area contributed by atoms with E-state index in [0.29, 0.717) is 42.3 Å². The average molecular weight is 1230 g/mol. The van der Waals surface area contributed by atoms with Gasteiger partial charge >= 0.3 is 7.60 Å². The number of aliphatic hydroxyl groups excluding tert-OH is 1. The van der Waals surface area contributed by atoms with Crippen LogP contribution < -0.4 is 31.9 Å². The Morgan fingerprint density at radius 2 is 1.55 bits per heavy atom. The van der Waals surface area contributed by atoms with Crippen LogP contribution in [0.5, 0.6) is 0 Å². The lowest BCUT2D eigenvalue weighted by Crippen LogP contribution is -2.57. The second kappa shape index (κ2) is 27.0. The first-order valence-corrected chi connectivity index (χ1v) is 32.0. The number of rotatable bonds is 24. The third-order valence-electron chi connectivity index (χ3n) is 16.7. The number of unbranched alkanes of at least 4 members (excludes halogenated alkanes) is 2. The lowest BCUT2D eigenvalue weighted by atomic mass is 9.85. The number of nitrogens with zero attached hydrogens (tertiary/aromatic N) is 3. The van der Waals surface area contributed by atoms with Crippen molar-refractivity contribution in [3.63, 3.8) is 0 Å². The number of nitrogens with one attached hydrogen (secondary N) is 5. The number of carbonyl (C=O) groups is 8. The van der Waals surface area contributed by atoms with E-state index in [1.54, 1.807) is 16.8 Å². The van der Waals surface area contributed by atoms with Crippen LogP contribution in [0.1, 0.15) is 146 Å². The van der Waals surface area contributed by atoms with Gasteiger partial charge < -0.3 is 51.8 Å². The number of aromatic nitrogens is 2. The zero-order valence-electron chi connectivity index (χ0n) is 49.5. The SMILES string of the molecule is Cc1ncsc1-c1ccc([C@H](C)NC(=O)[C@@H]2C[C@@H](O)CN2C(=O)[C@@H](NC(=O)CCCCCc2cccc(CC[C@H](CCC(N)=O)NC(=O)[C@@H]3Cc4cccc5c4N3C(=O)[C@@H](NC(=O)c3cc4cc(C(=O)P(=O)(O)O)ccc4[nH]3)CC5)c2)C(C)(C)C)cc1. The molecule has 0 radical (unpaired) electrons. The van der Waals surface area contributed by atoms with E-state index in [1.807, 2.05) is 95.3 Å². The van der Waals surface area contributed by atoms with Crippen molar-refractivity contribution in [1.29, 1.82) is 0 Å². The summed E-state index contributed by atoms with van der Waals surface area (Å²) in [6.07, 6.45) is 4.38. The molecule has 5 heterocycles. The average Bonchev–Trinajstić information content (AvgIpc) is 1.72. The predicted molar refractivity (Wildman–Crippen MR) is 329 cm³/mol. The lowest BCUT2D eigenvalue weighted by molar-refractivity contribution is -0.144. The Balaban J connectivity index is 0.758. The van der Waals surface area contributed by atoms with E-state index in [9.17, 15) is 57.8 Å². The van der Waals surface area contributed by atoms with Crippen molar-refractivity contribution in [2.24, 2.45) is 11.1 Å². The van der Waals surface area contributed by atoms with Gasteiger partial charge in [-0.05, 0) is 128 Å². The maximum Gasteiger partial charge on any atom is 0.396 e. The summed E-state index contributed by atoms with van der Waals surface area (Å²) in [5.41, 5.74) is 12.9. The second-order valence-corrected chi connectivity index (χ2v) is 26.6. The normalized spacial score (nSPS) is 18.6. The number of thiazole rings is 1. The molecule has 0 aliphatic carbocycles. The molecule has 23 heteroatoms. The van der Waals surface area contributed by atoms with Crippen LogP contribution in [0.25, 0.3) is 21.3 Å². The Bertz CT molecular complexity index is 3650. The molecule has 10 N–H and O–H groups in total. The highest BCUT2D eigenvalue weighted by Crippen LogP contribution is 2.41. The zero-order chi connectivity index (χ0) is 62.5. The molecule has 0 saturated carbocycles. The number of anilines is 1. The minimum absolute atomic E-state index is 0.0182. The highest BCUT2D eigenvalue weighted by atomic mass is 32.1. The highest BCUT2D eigenvalue weighted by molar-refractivity contribution is 7.70. The number of nitrogens with two attached hydrogens (primary N) is 1. The summed E-state index contributed by atoms with van der Waals surface area (Å²) in [5, 5.41) is 23.1. The maximum absolute atomic E-state index is 14.6. The van der Waals surface area contributed by atoms with Crippen molar-refractivity contribution in [2.75, 3.05) is 11.4 Å². The summed E-state index contributed by atoms with van der Waals surface area (Å²) in [6.45, 7) is 9.37. The molecule has 0 bridgehead atoms. The van der Waals surface area contributed by atoms with E-state index in [2.05, 4.69) is 37.3 Å². The van der Waals surface area contributed by atoms with Crippen LogP contribution in [0, 0.1) is 12.3 Å². The van der Waals surface area contributed by atoms with Crippen LogP contribution >= 0.6 is 18.9 Å². The van der Waals surface area contributed by atoms with Crippen LogP contribution in [-0.4, -0.2) is 119 Å². The fraction of sp³-hybridized carbons (Fsp3) is 0.422. The minimum atomic E-state index is -5.05. The first-order chi connectivity index (χ1) is 41.3. The van der Waals surface area contributed by atoms with Gasteiger partial charge in [0.2, 0.25) is 35.4 Å². The van der Waals surface area contributed by atoms with Crippen molar-refractivity contribution in [2.45, 2.75) is 160 Å². The Labute approximate surface area is 508 Å². The van der Waals surface area contributed by atoms with Crippen molar-refractivity contribution in [1.82, 2.24) is 36.1 Å². The molecule has 7 amide bonds. The van der Waals surface area contributed by atoms with E-state index in [1.165, 1.54) is 34.1 Å². The third kappa shape index (κ3) is 15.3. The highest BCUT2D eigenvalue weighted by Gasteiger charge is 2.46. The largest absolute Gasteiger partial charge is 0.396 e. The Hall–Kier alpha value is -7.88. The number of para-hydroxylation sites is 1. The van der Waals surface area contributed by atoms with Crippen molar-refractivity contribution in [3.8, 4) is 10.4 Å². The molecular weight excluding hydrogens is 1150 g/mol. The van der Waals surface area contributed by atoms with Gasteiger partial charge in [-0.2, -0.15) is 0 Å². The molecule has 1 fully saturated rings. The van der Waals surface area contributed by atoms with Gasteiger partial charge in [0, 0.05) is 54.7 Å². The lowest BCUT2D eigenvalue weighted by Gasteiger charge is -2.35. The molecule has 4 aromatic carbocycles. The molecule has 87 heavy (non-hydrogen) atoms. The topological polar surface area (TPSA) is 324 Å². The summed E-state index contributed by atoms with van der Waals surface area (Å²) in [6, 6.07) is 22.3. The van der Waals surface area contributed by atoms with Gasteiger partial charge in [0.15, 0.2) is 0 Å². The van der Waals surface area contributed by atoms with E-state index in [-0.39, 0.29) is 74.2 Å². The quantitative estimate of drug-likeness (QED) is 0.0223.